The number of halogens is 2. The standard InChI is InChI=1S/C15H9BrClN3OS/c16-10-3-4-11(12(17)6-10)14(21)20-15-19-13(8-22-15)9-2-1-5-18-7-9/h1-8H,(H,19,20,21). The van der Waals surface area contributed by atoms with Crippen LogP contribution in [-0.4, -0.2) is 15.9 Å². The number of anilines is 1. The molecule has 0 bridgehead atoms. The van der Waals surface area contributed by atoms with Crippen LogP contribution in [0.4, 0.5) is 5.13 Å². The van der Waals surface area contributed by atoms with Crippen LogP contribution in [0, 0.1) is 0 Å². The maximum atomic E-state index is 12.2. The zero-order valence-electron chi connectivity index (χ0n) is 11.1. The Hall–Kier alpha value is -1.76. The van der Waals surface area contributed by atoms with Crippen LogP contribution in [0.1, 0.15) is 10.4 Å². The topological polar surface area (TPSA) is 54.9 Å². The molecule has 2 aromatic heterocycles. The van der Waals surface area contributed by atoms with E-state index in [1.807, 2.05) is 17.5 Å². The fourth-order valence-corrected chi connectivity index (χ4v) is 3.29. The van der Waals surface area contributed by atoms with Crippen molar-refractivity contribution in [3.8, 4) is 11.3 Å². The molecular formula is C15H9BrClN3OS. The van der Waals surface area contributed by atoms with Gasteiger partial charge in [-0.15, -0.1) is 11.3 Å². The molecule has 0 aliphatic carbocycles. The lowest BCUT2D eigenvalue weighted by Crippen LogP contribution is -2.12. The van der Waals surface area contributed by atoms with E-state index >= 15 is 0 Å². The second-order valence-electron chi connectivity index (χ2n) is 4.36. The minimum absolute atomic E-state index is 0.287. The minimum Gasteiger partial charge on any atom is -0.298 e. The monoisotopic (exact) mass is 393 g/mol. The van der Waals surface area contributed by atoms with E-state index in [9.17, 15) is 4.79 Å². The average molecular weight is 395 g/mol. The molecule has 2 heterocycles. The third-order valence-electron chi connectivity index (χ3n) is 2.86. The quantitative estimate of drug-likeness (QED) is 0.689. The van der Waals surface area contributed by atoms with Crippen LogP contribution in [0.2, 0.25) is 5.02 Å². The summed E-state index contributed by atoms with van der Waals surface area (Å²) in [5, 5.41) is 5.53. The number of nitrogens with zero attached hydrogens (tertiary/aromatic N) is 2. The second-order valence-corrected chi connectivity index (χ2v) is 6.54. The van der Waals surface area contributed by atoms with E-state index in [0.29, 0.717) is 15.7 Å². The van der Waals surface area contributed by atoms with Crippen molar-refractivity contribution in [2.24, 2.45) is 0 Å². The number of benzene rings is 1. The number of hydrogen-bond acceptors (Lipinski definition) is 4. The first-order valence-electron chi connectivity index (χ1n) is 6.26. The molecule has 0 fully saturated rings. The summed E-state index contributed by atoms with van der Waals surface area (Å²) in [6.45, 7) is 0. The van der Waals surface area contributed by atoms with Gasteiger partial charge < -0.3 is 0 Å². The van der Waals surface area contributed by atoms with Crippen LogP contribution >= 0.6 is 38.9 Å². The van der Waals surface area contributed by atoms with Crippen LogP contribution in [0.25, 0.3) is 11.3 Å². The largest absolute Gasteiger partial charge is 0.298 e. The molecular weight excluding hydrogens is 386 g/mol. The fraction of sp³-hybridized carbons (Fsp3) is 0. The molecule has 1 amide bonds. The summed E-state index contributed by atoms with van der Waals surface area (Å²) >= 11 is 10.7. The van der Waals surface area contributed by atoms with Crippen LogP contribution in [0.15, 0.2) is 52.6 Å². The van der Waals surface area contributed by atoms with Gasteiger partial charge in [-0.05, 0) is 30.3 Å². The first kappa shape index (κ1) is 15.1. The molecule has 0 atom stereocenters. The summed E-state index contributed by atoms with van der Waals surface area (Å²) in [7, 11) is 0. The van der Waals surface area contributed by atoms with Crippen molar-refractivity contribution >= 4 is 49.9 Å². The Balaban J connectivity index is 1.79. The summed E-state index contributed by atoms with van der Waals surface area (Å²) in [5.74, 6) is -0.287. The number of carbonyl (C=O) groups excluding carboxylic acids is 1. The Morgan fingerprint density at radius 2 is 2.18 bits per heavy atom. The number of nitrogens with one attached hydrogen (secondary N) is 1. The second kappa shape index (κ2) is 6.56. The van der Waals surface area contributed by atoms with E-state index in [2.05, 4.69) is 31.2 Å². The van der Waals surface area contributed by atoms with Gasteiger partial charge in [0.05, 0.1) is 16.3 Å². The van der Waals surface area contributed by atoms with Crippen molar-refractivity contribution in [1.82, 2.24) is 9.97 Å². The van der Waals surface area contributed by atoms with Crippen LogP contribution in [-0.2, 0) is 0 Å². The van der Waals surface area contributed by atoms with E-state index in [1.54, 1.807) is 30.6 Å². The molecule has 0 saturated heterocycles. The zero-order valence-corrected chi connectivity index (χ0v) is 14.2. The van der Waals surface area contributed by atoms with E-state index in [-0.39, 0.29) is 5.91 Å². The molecule has 1 aromatic carbocycles. The van der Waals surface area contributed by atoms with E-state index in [4.69, 9.17) is 11.6 Å². The van der Waals surface area contributed by atoms with Gasteiger partial charge >= 0.3 is 0 Å². The Morgan fingerprint density at radius 3 is 2.91 bits per heavy atom. The van der Waals surface area contributed by atoms with Crippen molar-refractivity contribution < 1.29 is 4.79 Å². The smallest absolute Gasteiger partial charge is 0.258 e. The number of pyridine rings is 1. The van der Waals surface area contributed by atoms with Gasteiger partial charge in [-0.1, -0.05) is 27.5 Å². The van der Waals surface area contributed by atoms with Crippen molar-refractivity contribution in [2.75, 3.05) is 5.32 Å². The van der Waals surface area contributed by atoms with Gasteiger partial charge in [-0.3, -0.25) is 15.1 Å². The highest BCUT2D eigenvalue weighted by atomic mass is 79.9. The normalized spacial score (nSPS) is 10.5. The van der Waals surface area contributed by atoms with Gasteiger partial charge in [-0.2, -0.15) is 0 Å². The Bertz CT molecular complexity index is 823. The van der Waals surface area contributed by atoms with E-state index in [0.717, 1.165) is 15.7 Å². The van der Waals surface area contributed by atoms with Crippen molar-refractivity contribution in [1.29, 1.82) is 0 Å². The van der Waals surface area contributed by atoms with Gasteiger partial charge in [0, 0.05) is 27.8 Å². The summed E-state index contributed by atoms with van der Waals surface area (Å²) in [5.41, 5.74) is 2.08. The molecule has 0 aliphatic heterocycles. The number of thiazole rings is 1. The van der Waals surface area contributed by atoms with E-state index in [1.165, 1.54) is 11.3 Å². The summed E-state index contributed by atoms with van der Waals surface area (Å²) < 4.78 is 0.821. The summed E-state index contributed by atoms with van der Waals surface area (Å²) in [6, 6.07) is 8.87. The summed E-state index contributed by atoms with van der Waals surface area (Å²) in [4.78, 5) is 20.7. The maximum absolute atomic E-state index is 12.2. The molecule has 0 radical (unpaired) electrons. The maximum Gasteiger partial charge on any atom is 0.258 e. The highest BCUT2D eigenvalue weighted by Gasteiger charge is 2.13. The first-order chi connectivity index (χ1) is 10.6. The minimum atomic E-state index is -0.287. The lowest BCUT2D eigenvalue weighted by atomic mass is 10.2. The highest BCUT2D eigenvalue weighted by molar-refractivity contribution is 9.10. The predicted octanol–water partition coefficient (Wildman–Crippen LogP) is 4.87. The average Bonchev–Trinajstić information content (AvgIpc) is 2.96. The Kier molecular flexibility index (Phi) is 4.52. The Labute approximate surface area is 144 Å². The van der Waals surface area contributed by atoms with Crippen molar-refractivity contribution in [3.05, 3.63) is 63.2 Å². The first-order valence-corrected chi connectivity index (χ1v) is 8.31. The lowest BCUT2D eigenvalue weighted by molar-refractivity contribution is 0.102. The van der Waals surface area contributed by atoms with Gasteiger partial charge in [0.2, 0.25) is 0 Å². The number of carbonyl (C=O) groups is 1. The third kappa shape index (κ3) is 3.35. The van der Waals surface area contributed by atoms with Crippen molar-refractivity contribution in [2.45, 2.75) is 0 Å². The third-order valence-corrected chi connectivity index (χ3v) is 4.42. The number of hydrogen-bond donors (Lipinski definition) is 1. The predicted molar refractivity (Wildman–Crippen MR) is 92.5 cm³/mol. The van der Waals surface area contributed by atoms with Crippen LogP contribution in [0.5, 0.6) is 0 Å². The van der Waals surface area contributed by atoms with Gasteiger partial charge in [0.1, 0.15) is 0 Å². The molecule has 0 unspecified atom stereocenters. The lowest BCUT2D eigenvalue weighted by Gasteiger charge is -2.04. The molecule has 1 N–H and O–H groups in total. The summed E-state index contributed by atoms with van der Waals surface area (Å²) in [6.07, 6.45) is 3.43. The van der Waals surface area contributed by atoms with Crippen LogP contribution in [0.3, 0.4) is 0 Å². The van der Waals surface area contributed by atoms with Crippen molar-refractivity contribution in [3.63, 3.8) is 0 Å². The fourth-order valence-electron chi connectivity index (χ4n) is 1.82. The van der Waals surface area contributed by atoms with Crippen LogP contribution < -0.4 is 5.32 Å². The van der Waals surface area contributed by atoms with Gasteiger partial charge in [0.25, 0.3) is 5.91 Å². The van der Waals surface area contributed by atoms with E-state index < -0.39 is 0 Å². The molecule has 7 heteroatoms. The molecule has 0 spiro atoms. The molecule has 0 saturated carbocycles. The molecule has 110 valence electrons. The number of rotatable bonds is 3. The highest BCUT2D eigenvalue weighted by Crippen LogP contribution is 2.26. The molecule has 4 nitrogen and oxygen atoms in total. The molecule has 22 heavy (non-hydrogen) atoms. The van der Waals surface area contributed by atoms with Gasteiger partial charge in [0.15, 0.2) is 5.13 Å². The molecule has 3 aromatic rings. The zero-order chi connectivity index (χ0) is 15.5. The number of amides is 1. The number of aromatic nitrogens is 2. The SMILES string of the molecule is O=C(Nc1nc(-c2cccnc2)cs1)c1ccc(Br)cc1Cl. The Morgan fingerprint density at radius 1 is 1.32 bits per heavy atom. The molecule has 0 aliphatic rings. The molecule has 3 rings (SSSR count). The van der Waals surface area contributed by atoms with Gasteiger partial charge in [-0.25, -0.2) is 4.98 Å².